The normalized spacial score (nSPS) is 22.9. The van der Waals surface area contributed by atoms with Crippen molar-refractivity contribution in [1.82, 2.24) is 20.9 Å². The van der Waals surface area contributed by atoms with Gasteiger partial charge < -0.3 is 26.0 Å². The Morgan fingerprint density at radius 3 is 2.39 bits per heavy atom. The number of carbonyl (C=O) groups excluding carboxylic acids is 3. The van der Waals surface area contributed by atoms with Gasteiger partial charge >= 0.3 is 5.97 Å². The van der Waals surface area contributed by atoms with Crippen LogP contribution in [0.2, 0.25) is 0 Å². The predicted molar refractivity (Wildman–Crippen MR) is 120 cm³/mol. The Morgan fingerprint density at radius 2 is 1.81 bits per heavy atom. The fourth-order valence-electron chi connectivity index (χ4n) is 4.14. The first-order valence-electron chi connectivity index (χ1n) is 11.1. The van der Waals surface area contributed by atoms with Crippen molar-refractivity contribution in [3.8, 4) is 0 Å². The van der Waals surface area contributed by atoms with Crippen LogP contribution in [0.1, 0.15) is 52.4 Å². The second kappa shape index (κ2) is 12.3. The Balaban J connectivity index is 2.06. The van der Waals surface area contributed by atoms with Crippen LogP contribution in [0, 0.1) is 5.92 Å². The number of rotatable bonds is 11. The molecule has 0 radical (unpaired) electrons. The molecule has 3 amide bonds. The van der Waals surface area contributed by atoms with Crippen LogP contribution >= 0.6 is 11.8 Å². The van der Waals surface area contributed by atoms with E-state index in [1.165, 1.54) is 4.90 Å². The second-order valence-corrected chi connectivity index (χ2v) is 9.70. The molecule has 2 fully saturated rings. The largest absolute Gasteiger partial charge is 0.480 e. The Kier molecular flexibility index (Phi) is 10.1. The topological polar surface area (TPSA) is 128 Å². The molecule has 31 heavy (non-hydrogen) atoms. The van der Waals surface area contributed by atoms with E-state index in [9.17, 15) is 24.3 Å². The van der Waals surface area contributed by atoms with Crippen LogP contribution in [-0.4, -0.2) is 83.0 Å². The number of hydrogen-bond donors (Lipinski definition) is 4. The van der Waals surface area contributed by atoms with Crippen LogP contribution in [-0.2, 0) is 19.2 Å². The standard InChI is InChI=1S/C21H36N4O5S/c1-13(2)12-16(21(29)30)24-19(27)17-7-5-10-25(17)20(28)15(8-11-31-3)23-18(26)14-6-4-9-22-14/h13-17,22H,4-12H2,1-3H3,(H,23,26)(H,24,27)(H,29,30). The average Bonchev–Trinajstić information content (AvgIpc) is 3.41. The minimum absolute atomic E-state index is 0.109. The van der Waals surface area contributed by atoms with Crippen LogP contribution in [0.4, 0.5) is 0 Å². The zero-order valence-corrected chi connectivity index (χ0v) is 19.5. The van der Waals surface area contributed by atoms with Gasteiger partial charge in [0.05, 0.1) is 6.04 Å². The lowest BCUT2D eigenvalue weighted by Gasteiger charge is -2.30. The van der Waals surface area contributed by atoms with E-state index in [0.29, 0.717) is 38.0 Å². The predicted octanol–water partition coefficient (Wildman–Crippen LogP) is 0.583. The molecule has 0 bridgehead atoms. The number of thioether (sulfide) groups is 1. The molecule has 10 heteroatoms. The number of carboxylic acid groups (broad SMARTS) is 1. The van der Waals surface area contributed by atoms with Crippen molar-refractivity contribution in [2.75, 3.05) is 25.1 Å². The molecule has 0 aromatic rings. The van der Waals surface area contributed by atoms with Gasteiger partial charge in [0.25, 0.3) is 0 Å². The van der Waals surface area contributed by atoms with Gasteiger partial charge in [-0.3, -0.25) is 14.4 Å². The minimum Gasteiger partial charge on any atom is -0.480 e. The summed E-state index contributed by atoms with van der Waals surface area (Å²) < 4.78 is 0. The van der Waals surface area contributed by atoms with Gasteiger partial charge in [0, 0.05) is 6.54 Å². The maximum absolute atomic E-state index is 13.3. The highest BCUT2D eigenvalue weighted by atomic mass is 32.2. The summed E-state index contributed by atoms with van der Waals surface area (Å²) >= 11 is 1.59. The molecule has 9 nitrogen and oxygen atoms in total. The smallest absolute Gasteiger partial charge is 0.326 e. The van der Waals surface area contributed by atoms with E-state index >= 15 is 0 Å². The summed E-state index contributed by atoms with van der Waals surface area (Å²) in [5.41, 5.74) is 0. The fraction of sp³-hybridized carbons (Fsp3) is 0.810. The third-order valence-corrected chi connectivity index (χ3v) is 6.41. The third-order valence-electron chi connectivity index (χ3n) is 5.76. The van der Waals surface area contributed by atoms with Gasteiger partial charge in [-0.2, -0.15) is 11.8 Å². The highest BCUT2D eigenvalue weighted by Crippen LogP contribution is 2.21. The first-order valence-corrected chi connectivity index (χ1v) is 12.5. The molecular weight excluding hydrogens is 420 g/mol. The molecule has 0 spiro atoms. The summed E-state index contributed by atoms with van der Waals surface area (Å²) in [5, 5.41) is 18.1. The molecule has 2 rings (SSSR count). The summed E-state index contributed by atoms with van der Waals surface area (Å²) in [6.45, 7) is 5.00. The van der Waals surface area contributed by atoms with Gasteiger partial charge in [0.1, 0.15) is 18.1 Å². The maximum atomic E-state index is 13.3. The molecule has 4 unspecified atom stereocenters. The van der Waals surface area contributed by atoms with Gasteiger partial charge in [-0.15, -0.1) is 0 Å². The number of hydrogen-bond acceptors (Lipinski definition) is 6. The third kappa shape index (κ3) is 7.38. The van der Waals surface area contributed by atoms with Gasteiger partial charge in [0.15, 0.2) is 0 Å². The van der Waals surface area contributed by atoms with Gasteiger partial charge in [-0.1, -0.05) is 13.8 Å². The van der Waals surface area contributed by atoms with E-state index in [0.717, 1.165) is 19.4 Å². The van der Waals surface area contributed by atoms with Crippen molar-refractivity contribution in [2.24, 2.45) is 5.92 Å². The Hall–Kier alpha value is -1.81. The van der Waals surface area contributed by atoms with E-state index in [2.05, 4.69) is 16.0 Å². The molecule has 0 aromatic carbocycles. The number of amides is 3. The van der Waals surface area contributed by atoms with Gasteiger partial charge in [-0.25, -0.2) is 4.79 Å². The molecule has 0 aromatic heterocycles. The zero-order chi connectivity index (χ0) is 23.0. The molecule has 0 saturated carbocycles. The first-order chi connectivity index (χ1) is 14.7. The lowest BCUT2D eigenvalue weighted by atomic mass is 10.0. The Labute approximate surface area is 188 Å². The fourth-order valence-corrected chi connectivity index (χ4v) is 4.61. The molecule has 4 N–H and O–H groups in total. The quantitative estimate of drug-likeness (QED) is 0.358. The number of carboxylic acids is 1. The van der Waals surface area contributed by atoms with Crippen LogP contribution in [0.5, 0.6) is 0 Å². The molecular formula is C21H36N4O5S. The van der Waals surface area contributed by atoms with E-state index in [4.69, 9.17) is 0 Å². The monoisotopic (exact) mass is 456 g/mol. The molecule has 2 saturated heterocycles. The SMILES string of the molecule is CSCCC(NC(=O)C1CCCN1)C(=O)N1CCCC1C(=O)NC(CC(C)C)C(=O)O. The first kappa shape index (κ1) is 25.5. The summed E-state index contributed by atoms with van der Waals surface area (Å²) in [6, 6.07) is -2.67. The van der Waals surface area contributed by atoms with Crippen LogP contribution in [0.3, 0.4) is 0 Å². The van der Waals surface area contributed by atoms with Crippen LogP contribution in [0.25, 0.3) is 0 Å². The van der Waals surface area contributed by atoms with Crippen molar-refractivity contribution in [2.45, 2.75) is 76.5 Å². The summed E-state index contributed by atoms with van der Waals surface area (Å²) in [5.74, 6) is -1.15. The van der Waals surface area contributed by atoms with Crippen molar-refractivity contribution in [3.63, 3.8) is 0 Å². The van der Waals surface area contributed by atoms with E-state index in [-0.39, 0.29) is 23.8 Å². The van der Waals surface area contributed by atoms with Crippen molar-refractivity contribution >= 4 is 35.5 Å². The lowest BCUT2D eigenvalue weighted by molar-refractivity contribution is -0.145. The zero-order valence-electron chi connectivity index (χ0n) is 18.7. The van der Waals surface area contributed by atoms with Crippen molar-refractivity contribution in [3.05, 3.63) is 0 Å². The second-order valence-electron chi connectivity index (χ2n) is 8.71. The van der Waals surface area contributed by atoms with E-state index in [1.54, 1.807) is 11.8 Å². The van der Waals surface area contributed by atoms with Crippen LogP contribution in [0.15, 0.2) is 0 Å². The van der Waals surface area contributed by atoms with Crippen LogP contribution < -0.4 is 16.0 Å². The number of likely N-dealkylation sites (tertiary alicyclic amines) is 1. The Morgan fingerprint density at radius 1 is 1.10 bits per heavy atom. The molecule has 4 atom stereocenters. The summed E-state index contributed by atoms with van der Waals surface area (Å²) in [6.07, 6.45) is 5.57. The van der Waals surface area contributed by atoms with Crippen molar-refractivity contribution in [1.29, 1.82) is 0 Å². The van der Waals surface area contributed by atoms with E-state index < -0.39 is 30.0 Å². The lowest BCUT2D eigenvalue weighted by Crippen LogP contribution is -2.56. The number of carbonyl (C=O) groups is 4. The molecule has 2 aliphatic rings. The molecule has 0 aliphatic carbocycles. The minimum atomic E-state index is -1.08. The number of nitrogens with one attached hydrogen (secondary N) is 3. The van der Waals surface area contributed by atoms with Gasteiger partial charge in [-0.05, 0) is 63.0 Å². The number of nitrogens with zero attached hydrogens (tertiary/aromatic N) is 1. The highest BCUT2D eigenvalue weighted by molar-refractivity contribution is 7.98. The Bertz CT molecular complexity index is 654. The highest BCUT2D eigenvalue weighted by Gasteiger charge is 2.39. The molecule has 2 aliphatic heterocycles. The number of aliphatic carboxylic acids is 1. The molecule has 2 heterocycles. The summed E-state index contributed by atoms with van der Waals surface area (Å²) in [4.78, 5) is 51.8. The maximum Gasteiger partial charge on any atom is 0.326 e. The van der Waals surface area contributed by atoms with Crippen molar-refractivity contribution < 1.29 is 24.3 Å². The molecule has 176 valence electrons. The van der Waals surface area contributed by atoms with Gasteiger partial charge in [0.2, 0.25) is 17.7 Å². The van der Waals surface area contributed by atoms with E-state index in [1.807, 2.05) is 20.1 Å². The average molecular weight is 457 g/mol. The summed E-state index contributed by atoms with van der Waals surface area (Å²) in [7, 11) is 0.